The maximum Gasteiger partial charge on any atom is 0.193 e. The summed E-state index contributed by atoms with van der Waals surface area (Å²) in [5.74, 6) is 0.0871. The van der Waals surface area contributed by atoms with E-state index in [4.69, 9.17) is 0 Å². The van der Waals surface area contributed by atoms with E-state index in [0.717, 1.165) is 44.5 Å². The molecular formula is C52H34O. The molecular weight excluding hydrogens is 641 g/mol. The monoisotopic (exact) mass is 674 g/mol. The lowest BCUT2D eigenvalue weighted by molar-refractivity contribution is 0.103. The summed E-state index contributed by atoms with van der Waals surface area (Å²) < 4.78 is 0. The summed E-state index contributed by atoms with van der Waals surface area (Å²) in [4.78, 5) is 14.9. The minimum Gasteiger partial charge on any atom is -0.289 e. The van der Waals surface area contributed by atoms with E-state index in [1.54, 1.807) is 0 Å². The van der Waals surface area contributed by atoms with E-state index >= 15 is 0 Å². The first kappa shape index (κ1) is 30.1. The molecule has 0 aromatic heterocycles. The van der Waals surface area contributed by atoms with E-state index in [2.05, 4.69) is 184 Å². The SMILES string of the molecule is CC1(C)c2ccc(-c3cc4c5ccccc5ccc4c4ccccc34)cc2C(=O)c2cc(-c3cc4c5ccccc5ccc4c4ccccc34)ccc21. The molecule has 0 saturated heterocycles. The van der Waals surface area contributed by atoms with Crippen LogP contribution in [0.3, 0.4) is 0 Å². The maximum atomic E-state index is 14.9. The number of ketones is 1. The van der Waals surface area contributed by atoms with Crippen molar-refractivity contribution in [1.29, 1.82) is 0 Å². The molecule has 0 saturated carbocycles. The van der Waals surface area contributed by atoms with Crippen molar-refractivity contribution in [3.05, 3.63) is 192 Å². The topological polar surface area (TPSA) is 17.1 Å². The van der Waals surface area contributed by atoms with Gasteiger partial charge in [0.1, 0.15) is 0 Å². The molecule has 0 atom stereocenters. The summed E-state index contributed by atoms with van der Waals surface area (Å²) in [5, 5.41) is 14.7. The van der Waals surface area contributed by atoms with Crippen LogP contribution in [0.2, 0.25) is 0 Å². The highest BCUT2D eigenvalue weighted by atomic mass is 16.1. The average Bonchev–Trinajstić information content (AvgIpc) is 3.21. The average molecular weight is 675 g/mol. The van der Waals surface area contributed by atoms with Crippen LogP contribution in [0, 0.1) is 0 Å². The Kier molecular flexibility index (Phi) is 6.23. The summed E-state index contributed by atoms with van der Waals surface area (Å²) in [6.45, 7) is 4.51. The Morgan fingerprint density at radius 1 is 0.321 bits per heavy atom. The van der Waals surface area contributed by atoms with Crippen LogP contribution in [-0.4, -0.2) is 5.78 Å². The molecule has 0 spiro atoms. The molecule has 1 aliphatic carbocycles. The lowest BCUT2D eigenvalue weighted by Crippen LogP contribution is -2.30. The summed E-state index contributed by atoms with van der Waals surface area (Å²) in [7, 11) is 0. The van der Waals surface area contributed by atoms with Crippen LogP contribution >= 0.6 is 0 Å². The molecule has 0 aliphatic heterocycles. The zero-order chi connectivity index (χ0) is 35.4. The summed E-state index contributed by atoms with van der Waals surface area (Å²) in [6, 6.07) is 61.3. The van der Waals surface area contributed by atoms with E-state index in [1.807, 2.05) is 0 Å². The molecule has 1 heteroatoms. The lowest BCUT2D eigenvalue weighted by Gasteiger charge is -2.35. The molecule has 10 aromatic carbocycles. The van der Waals surface area contributed by atoms with Crippen LogP contribution in [-0.2, 0) is 5.41 Å². The molecule has 0 fully saturated rings. The molecule has 11 rings (SSSR count). The number of benzene rings is 10. The number of carbonyl (C=O) groups is 1. The zero-order valence-corrected chi connectivity index (χ0v) is 29.6. The van der Waals surface area contributed by atoms with E-state index in [1.165, 1.54) is 64.6 Å². The number of rotatable bonds is 2. The van der Waals surface area contributed by atoms with E-state index in [0.29, 0.717) is 0 Å². The van der Waals surface area contributed by atoms with Crippen molar-refractivity contribution >= 4 is 70.4 Å². The second-order valence-corrected chi connectivity index (χ2v) is 15.2. The second-order valence-electron chi connectivity index (χ2n) is 15.2. The van der Waals surface area contributed by atoms with Gasteiger partial charge in [0.2, 0.25) is 0 Å². The van der Waals surface area contributed by atoms with Crippen LogP contribution in [0.15, 0.2) is 170 Å². The van der Waals surface area contributed by atoms with Gasteiger partial charge in [-0.05, 0) is 122 Å². The van der Waals surface area contributed by atoms with Gasteiger partial charge in [-0.2, -0.15) is 0 Å². The fourth-order valence-electron chi connectivity index (χ4n) is 9.38. The first-order valence-electron chi connectivity index (χ1n) is 18.5. The minimum atomic E-state index is -0.348. The van der Waals surface area contributed by atoms with Crippen LogP contribution in [0.4, 0.5) is 0 Å². The van der Waals surface area contributed by atoms with Gasteiger partial charge in [-0.15, -0.1) is 0 Å². The Bertz CT molecular complexity index is 3000. The molecule has 0 amide bonds. The Morgan fingerprint density at radius 2 is 0.698 bits per heavy atom. The van der Waals surface area contributed by atoms with Crippen LogP contribution in [0.1, 0.15) is 40.9 Å². The third kappa shape index (κ3) is 4.28. The van der Waals surface area contributed by atoms with Crippen molar-refractivity contribution in [2.75, 3.05) is 0 Å². The standard InChI is InChI=1S/C52H34O/c1-52(2)49-25-21-33(43-29-45-35-13-5-3-11-31(35)19-23-41(45)37-15-7-9-17-39(37)43)27-47(49)51(53)48-28-34(22-26-50(48)52)44-30-46-36-14-6-4-12-32(36)20-24-42(46)38-16-8-10-18-40(38)44/h3-30H,1-2H3. The quantitative estimate of drug-likeness (QED) is 0.167. The lowest BCUT2D eigenvalue weighted by atomic mass is 9.67. The van der Waals surface area contributed by atoms with Gasteiger partial charge in [-0.1, -0.05) is 159 Å². The highest BCUT2D eigenvalue weighted by molar-refractivity contribution is 6.23. The van der Waals surface area contributed by atoms with E-state index < -0.39 is 0 Å². The second kappa shape index (κ2) is 11.0. The smallest absolute Gasteiger partial charge is 0.193 e. The Labute approximate surface area is 307 Å². The predicted molar refractivity (Wildman–Crippen MR) is 224 cm³/mol. The molecule has 1 nitrogen and oxygen atoms in total. The molecule has 1 aliphatic rings. The van der Waals surface area contributed by atoms with Crippen LogP contribution in [0.5, 0.6) is 0 Å². The normalized spacial score (nSPS) is 13.7. The summed E-state index contributed by atoms with van der Waals surface area (Å²) in [6.07, 6.45) is 0. The van der Waals surface area contributed by atoms with Gasteiger partial charge in [-0.25, -0.2) is 0 Å². The van der Waals surface area contributed by atoms with Crippen molar-refractivity contribution in [2.24, 2.45) is 0 Å². The van der Waals surface area contributed by atoms with Crippen molar-refractivity contribution < 1.29 is 4.79 Å². The molecule has 0 bridgehead atoms. The first-order chi connectivity index (χ1) is 26.0. The number of hydrogen-bond acceptors (Lipinski definition) is 1. The van der Waals surface area contributed by atoms with Gasteiger partial charge in [0.25, 0.3) is 0 Å². The number of carbonyl (C=O) groups excluding carboxylic acids is 1. The van der Waals surface area contributed by atoms with Crippen LogP contribution < -0.4 is 0 Å². The Hall–Kier alpha value is -6.57. The van der Waals surface area contributed by atoms with Gasteiger partial charge in [0.05, 0.1) is 0 Å². The largest absolute Gasteiger partial charge is 0.289 e. The Morgan fingerprint density at radius 3 is 1.15 bits per heavy atom. The predicted octanol–water partition coefficient (Wildman–Crippen LogP) is 13.8. The van der Waals surface area contributed by atoms with Gasteiger partial charge < -0.3 is 0 Å². The minimum absolute atomic E-state index is 0.0871. The van der Waals surface area contributed by atoms with Gasteiger partial charge >= 0.3 is 0 Å². The molecule has 0 N–H and O–H groups in total. The fraction of sp³-hybridized carbons (Fsp3) is 0.0577. The number of hydrogen-bond donors (Lipinski definition) is 0. The van der Waals surface area contributed by atoms with Crippen molar-refractivity contribution in [3.63, 3.8) is 0 Å². The molecule has 0 radical (unpaired) electrons. The van der Waals surface area contributed by atoms with Crippen molar-refractivity contribution in [3.8, 4) is 22.3 Å². The van der Waals surface area contributed by atoms with Gasteiger partial charge in [0.15, 0.2) is 5.78 Å². The van der Waals surface area contributed by atoms with E-state index in [9.17, 15) is 4.79 Å². The Balaban J connectivity index is 1.11. The summed E-state index contributed by atoms with van der Waals surface area (Å²) in [5.41, 5.74) is 7.78. The maximum absolute atomic E-state index is 14.9. The van der Waals surface area contributed by atoms with Crippen molar-refractivity contribution in [2.45, 2.75) is 19.3 Å². The highest BCUT2D eigenvalue weighted by Crippen LogP contribution is 2.46. The zero-order valence-electron chi connectivity index (χ0n) is 29.6. The third-order valence-corrected chi connectivity index (χ3v) is 12.0. The fourth-order valence-corrected chi connectivity index (χ4v) is 9.38. The van der Waals surface area contributed by atoms with Crippen molar-refractivity contribution in [1.82, 2.24) is 0 Å². The van der Waals surface area contributed by atoms with Crippen LogP contribution in [0.25, 0.3) is 86.9 Å². The van der Waals surface area contributed by atoms with E-state index in [-0.39, 0.29) is 11.2 Å². The molecule has 0 heterocycles. The molecule has 248 valence electrons. The molecule has 53 heavy (non-hydrogen) atoms. The van der Waals surface area contributed by atoms with Gasteiger partial charge in [-0.3, -0.25) is 4.79 Å². The molecule has 0 unspecified atom stereocenters. The highest BCUT2D eigenvalue weighted by Gasteiger charge is 2.37. The summed E-state index contributed by atoms with van der Waals surface area (Å²) >= 11 is 0. The first-order valence-corrected chi connectivity index (χ1v) is 18.5. The molecule has 10 aromatic rings. The van der Waals surface area contributed by atoms with Gasteiger partial charge in [0, 0.05) is 16.5 Å². The number of fused-ring (bicyclic) bond motifs is 12. The third-order valence-electron chi connectivity index (χ3n) is 12.0.